The maximum atomic E-state index is 12.9. The summed E-state index contributed by atoms with van der Waals surface area (Å²) >= 11 is 1.29. The summed E-state index contributed by atoms with van der Waals surface area (Å²) in [5.41, 5.74) is 0.983. The molecule has 1 N–H and O–H groups in total. The third-order valence-electron chi connectivity index (χ3n) is 4.86. The number of rotatable bonds is 5. The normalized spacial score (nSPS) is 20.0. The molecule has 0 unspecified atom stereocenters. The van der Waals surface area contributed by atoms with E-state index in [1.165, 1.54) is 39.9 Å². The second kappa shape index (κ2) is 8.54. The number of thiazole rings is 1. The molecule has 1 aromatic carbocycles. The number of anilines is 1. The van der Waals surface area contributed by atoms with Gasteiger partial charge in [0.25, 0.3) is 5.91 Å². The molecule has 0 bridgehead atoms. The number of nitrogens with zero attached hydrogens (tertiary/aromatic N) is 2. The number of aromatic nitrogens is 1. The summed E-state index contributed by atoms with van der Waals surface area (Å²) in [6.45, 7) is 6.15. The summed E-state index contributed by atoms with van der Waals surface area (Å²) < 4.78 is 38.5. The van der Waals surface area contributed by atoms with Gasteiger partial charge in [-0.15, -0.1) is 11.3 Å². The smallest absolute Gasteiger partial charge is 0.257 e. The van der Waals surface area contributed by atoms with Crippen LogP contribution in [0.3, 0.4) is 0 Å². The van der Waals surface area contributed by atoms with E-state index >= 15 is 0 Å². The van der Waals surface area contributed by atoms with Crippen molar-refractivity contribution in [2.45, 2.75) is 37.9 Å². The number of amides is 1. The van der Waals surface area contributed by atoms with Crippen LogP contribution in [0, 0.1) is 6.92 Å². The first-order valence-electron chi connectivity index (χ1n) is 9.82. The van der Waals surface area contributed by atoms with Gasteiger partial charge in [0, 0.05) is 24.0 Å². The Hall–Kier alpha value is -2.53. The first kappa shape index (κ1) is 21.7. The lowest BCUT2D eigenvalue weighted by molar-refractivity contribution is -0.0440. The summed E-state index contributed by atoms with van der Waals surface area (Å²) in [6, 6.07) is 9.58. The molecule has 0 saturated carbocycles. The zero-order valence-electron chi connectivity index (χ0n) is 17.4. The van der Waals surface area contributed by atoms with Gasteiger partial charge in [0.1, 0.15) is 11.5 Å². The fourth-order valence-corrected chi connectivity index (χ4v) is 5.73. The lowest BCUT2D eigenvalue weighted by Gasteiger charge is -2.34. The predicted molar refractivity (Wildman–Crippen MR) is 118 cm³/mol. The van der Waals surface area contributed by atoms with E-state index in [1.807, 2.05) is 32.9 Å². The maximum absolute atomic E-state index is 12.9. The van der Waals surface area contributed by atoms with E-state index in [0.29, 0.717) is 35.2 Å². The lowest BCUT2D eigenvalue weighted by Crippen LogP contribution is -2.48. The highest BCUT2D eigenvalue weighted by atomic mass is 32.2. The van der Waals surface area contributed by atoms with Crippen LogP contribution < -0.4 is 5.32 Å². The Balaban J connectivity index is 1.45. The molecular formula is C21H23N3O5S2. The van der Waals surface area contributed by atoms with Crippen LogP contribution in [-0.4, -0.2) is 48.9 Å². The van der Waals surface area contributed by atoms with Crippen molar-refractivity contribution in [3.05, 3.63) is 53.1 Å². The van der Waals surface area contributed by atoms with Crippen molar-refractivity contribution in [2.75, 3.05) is 18.4 Å². The van der Waals surface area contributed by atoms with Crippen LogP contribution in [0.15, 0.2) is 51.1 Å². The van der Waals surface area contributed by atoms with Gasteiger partial charge >= 0.3 is 0 Å². The van der Waals surface area contributed by atoms with Crippen molar-refractivity contribution in [3.63, 3.8) is 0 Å². The molecule has 1 aliphatic heterocycles. The quantitative estimate of drug-likeness (QED) is 0.621. The van der Waals surface area contributed by atoms with Crippen LogP contribution in [0.1, 0.15) is 30.0 Å². The third-order valence-corrected chi connectivity index (χ3v) is 7.46. The van der Waals surface area contributed by atoms with Crippen molar-refractivity contribution in [3.8, 4) is 11.5 Å². The third kappa shape index (κ3) is 4.72. The average Bonchev–Trinajstić information content (AvgIpc) is 3.36. The number of sulfonamides is 1. The molecule has 2 aromatic heterocycles. The number of ether oxygens (including phenoxy) is 1. The van der Waals surface area contributed by atoms with Crippen LogP contribution in [0.5, 0.6) is 0 Å². The predicted octanol–water partition coefficient (Wildman–Crippen LogP) is 3.76. The number of aryl methyl sites for hydroxylation is 1. The fourth-order valence-electron chi connectivity index (χ4n) is 3.44. The van der Waals surface area contributed by atoms with Gasteiger partial charge in [-0.25, -0.2) is 13.4 Å². The van der Waals surface area contributed by atoms with Crippen LogP contribution in [0.2, 0.25) is 0 Å². The second-order valence-corrected chi connectivity index (χ2v) is 10.3. The number of carbonyl (C=O) groups is 1. The van der Waals surface area contributed by atoms with Crippen molar-refractivity contribution >= 4 is 32.4 Å². The first-order valence-corrected chi connectivity index (χ1v) is 12.1. The van der Waals surface area contributed by atoms with E-state index in [-0.39, 0.29) is 23.0 Å². The Bertz CT molecular complexity index is 1170. The van der Waals surface area contributed by atoms with E-state index < -0.39 is 10.0 Å². The molecule has 8 nitrogen and oxygen atoms in total. The standard InChI is InChI=1S/C21H23N3O5S2/c1-13-4-9-19(29-13)18-12-30-21(22-18)23-20(25)16-5-7-17(8-6-16)31(26,27)24-10-14(2)28-15(3)11-24/h4-9,12,14-15H,10-11H2,1-3H3,(H,22,23,25)/t14-,15+. The molecular weight excluding hydrogens is 438 g/mol. The Morgan fingerprint density at radius 1 is 1.13 bits per heavy atom. The molecule has 0 radical (unpaired) electrons. The summed E-state index contributed by atoms with van der Waals surface area (Å²) in [7, 11) is -3.65. The van der Waals surface area contributed by atoms with Gasteiger partial charge in [-0.1, -0.05) is 0 Å². The van der Waals surface area contributed by atoms with Crippen molar-refractivity contribution in [1.29, 1.82) is 0 Å². The van der Waals surface area contributed by atoms with E-state index in [0.717, 1.165) is 5.76 Å². The highest BCUT2D eigenvalue weighted by molar-refractivity contribution is 7.89. The molecule has 0 aliphatic carbocycles. The zero-order valence-corrected chi connectivity index (χ0v) is 19.0. The Morgan fingerprint density at radius 3 is 2.42 bits per heavy atom. The zero-order chi connectivity index (χ0) is 22.2. The number of morpholine rings is 1. The number of furan rings is 1. The van der Waals surface area contributed by atoms with Crippen LogP contribution in [0.4, 0.5) is 5.13 Å². The summed E-state index contributed by atoms with van der Waals surface area (Å²) in [6.07, 6.45) is -0.339. The number of carbonyl (C=O) groups excluding carboxylic acids is 1. The minimum atomic E-state index is -3.65. The largest absolute Gasteiger partial charge is 0.460 e. The minimum Gasteiger partial charge on any atom is -0.460 e. The van der Waals surface area contributed by atoms with Crippen molar-refractivity contribution < 1.29 is 22.4 Å². The Kier molecular flexibility index (Phi) is 5.98. The topological polar surface area (TPSA) is 102 Å². The summed E-state index contributed by atoms with van der Waals surface area (Å²) in [5, 5.41) is 4.97. The molecule has 2 atom stereocenters. The average molecular weight is 462 g/mol. The highest BCUT2D eigenvalue weighted by Crippen LogP contribution is 2.27. The Morgan fingerprint density at radius 2 is 1.81 bits per heavy atom. The van der Waals surface area contributed by atoms with Gasteiger partial charge in [0.2, 0.25) is 10.0 Å². The molecule has 1 aliphatic rings. The van der Waals surface area contributed by atoms with E-state index in [9.17, 15) is 13.2 Å². The van der Waals surface area contributed by atoms with Crippen molar-refractivity contribution in [1.82, 2.24) is 9.29 Å². The van der Waals surface area contributed by atoms with Gasteiger partial charge in [-0.2, -0.15) is 4.31 Å². The number of hydrogen-bond acceptors (Lipinski definition) is 7. The van der Waals surface area contributed by atoms with Gasteiger partial charge in [0.15, 0.2) is 10.9 Å². The molecule has 4 rings (SSSR count). The van der Waals surface area contributed by atoms with Gasteiger partial charge in [-0.3, -0.25) is 10.1 Å². The molecule has 1 fully saturated rings. The van der Waals surface area contributed by atoms with Gasteiger partial charge in [-0.05, 0) is 57.2 Å². The van der Waals surface area contributed by atoms with E-state index in [4.69, 9.17) is 9.15 Å². The molecule has 31 heavy (non-hydrogen) atoms. The van der Waals surface area contributed by atoms with Gasteiger partial charge in [0.05, 0.1) is 17.1 Å². The van der Waals surface area contributed by atoms with E-state index in [1.54, 1.807) is 5.38 Å². The van der Waals surface area contributed by atoms with E-state index in [2.05, 4.69) is 10.3 Å². The fraction of sp³-hybridized carbons (Fsp3) is 0.333. The molecule has 1 amide bonds. The summed E-state index contributed by atoms with van der Waals surface area (Å²) in [4.78, 5) is 17.1. The molecule has 0 spiro atoms. The van der Waals surface area contributed by atoms with Crippen molar-refractivity contribution in [2.24, 2.45) is 0 Å². The summed E-state index contributed by atoms with van der Waals surface area (Å²) in [5.74, 6) is 1.05. The number of hydrogen-bond donors (Lipinski definition) is 1. The number of nitrogens with one attached hydrogen (secondary N) is 1. The molecule has 1 saturated heterocycles. The molecule has 164 valence electrons. The Labute approximate surface area is 184 Å². The molecule has 3 heterocycles. The lowest BCUT2D eigenvalue weighted by atomic mass is 10.2. The second-order valence-electron chi connectivity index (χ2n) is 7.51. The monoisotopic (exact) mass is 461 g/mol. The first-order chi connectivity index (χ1) is 14.7. The van der Waals surface area contributed by atoms with Crippen LogP contribution >= 0.6 is 11.3 Å². The van der Waals surface area contributed by atoms with Crippen LogP contribution in [-0.2, 0) is 14.8 Å². The SMILES string of the molecule is Cc1ccc(-c2csc(NC(=O)c3ccc(S(=O)(=O)N4C[C@@H](C)O[C@@H](C)C4)cc3)n2)o1. The number of benzene rings is 1. The maximum Gasteiger partial charge on any atom is 0.257 e. The van der Waals surface area contributed by atoms with Gasteiger partial charge < -0.3 is 9.15 Å². The minimum absolute atomic E-state index is 0.148. The highest BCUT2D eigenvalue weighted by Gasteiger charge is 2.32. The molecule has 10 heteroatoms. The van der Waals surface area contributed by atoms with Crippen LogP contribution in [0.25, 0.3) is 11.5 Å². The molecule has 3 aromatic rings.